The number of methoxy groups -OCH3 is 1. The van der Waals surface area contributed by atoms with Gasteiger partial charge in [0.2, 0.25) is 5.91 Å². The molecule has 2 amide bonds. The van der Waals surface area contributed by atoms with Crippen molar-refractivity contribution >= 4 is 17.6 Å². The molecule has 2 fully saturated rings. The van der Waals surface area contributed by atoms with Crippen molar-refractivity contribution in [2.24, 2.45) is 11.8 Å². The summed E-state index contributed by atoms with van der Waals surface area (Å²) in [6, 6.07) is 5.90. The van der Waals surface area contributed by atoms with Crippen molar-refractivity contribution in [1.82, 2.24) is 20.2 Å². The van der Waals surface area contributed by atoms with Gasteiger partial charge in [-0.15, -0.1) is 13.2 Å². The zero-order valence-electron chi connectivity index (χ0n) is 25.4. The molecule has 3 unspecified atom stereocenters. The lowest BCUT2D eigenvalue weighted by Crippen LogP contribution is -2.53. The molecule has 0 bridgehead atoms. The Kier molecular flexibility index (Phi) is 10.6. The molecule has 3 heterocycles. The fraction of sp³-hybridized carbons (Fsp3) is 0.469. The summed E-state index contributed by atoms with van der Waals surface area (Å²) in [5.74, 6) is 0.243. The van der Waals surface area contributed by atoms with E-state index in [0.717, 1.165) is 5.56 Å². The molecule has 1 aromatic carbocycles. The van der Waals surface area contributed by atoms with Crippen LogP contribution in [0.1, 0.15) is 57.5 Å². The number of alkyl carbamates (subject to hydrolysis) is 1. The van der Waals surface area contributed by atoms with Gasteiger partial charge in [-0.1, -0.05) is 43.3 Å². The Balaban J connectivity index is 1.57. The van der Waals surface area contributed by atoms with E-state index in [1.807, 2.05) is 0 Å². The molecule has 0 saturated carbocycles. The summed E-state index contributed by atoms with van der Waals surface area (Å²) in [7, 11) is 1.27. The van der Waals surface area contributed by atoms with Crippen molar-refractivity contribution in [3.63, 3.8) is 0 Å². The van der Waals surface area contributed by atoms with Crippen LogP contribution in [0.15, 0.2) is 60.5 Å². The van der Waals surface area contributed by atoms with Gasteiger partial charge < -0.3 is 29.4 Å². The van der Waals surface area contributed by atoms with E-state index < -0.39 is 18.5 Å². The molecule has 9 nitrogen and oxygen atoms in total. The van der Waals surface area contributed by atoms with Crippen molar-refractivity contribution in [3.8, 4) is 11.3 Å². The summed E-state index contributed by atoms with van der Waals surface area (Å²) in [6.07, 6.45) is 0.975. The molecule has 4 rings (SSSR count). The number of carbonyl (C=O) groups excluding carboxylic acids is 2. The second-order valence-corrected chi connectivity index (χ2v) is 11.3. The minimum atomic E-state index is -4.84. The fourth-order valence-corrected chi connectivity index (χ4v) is 5.76. The highest BCUT2D eigenvalue weighted by Gasteiger charge is 2.42. The van der Waals surface area contributed by atoms with Gasteiger partial charge >= 0.3 is 12.5 Å². The number of ether oxygens (including phenoxy) is 3. The highest BCUT2D eigenvalue weighted by Crippen LogP contribution is 2.37. The zero-order valence-corrected chi connectivity index (χ0v) is 25.4. The zero-order chi connectivity index (χ0) is 32.0. The van der Waals surface area contributed by atoms with E-state index in [1.165, 1.54) is 20.1 Å². The molecule has 0 spiro atoms. The largest absolute Gasteiger partial charge is 0.573 e. The number of aromatic nitrogens is 2. The van der Waals surface area contributed by atoms with E-state index in [1.54, 1.807) is 48.4 Å². The number of allylic oxidation sites excluding steroid dienone is 4. The third-order valence-corrected chi connectivity index (χ3v) is 7.82. The van der Waals surface area contributed by atoms with Crippen molar-refractivity contribution < 1.29 is 37.0 Å². The Bertz CT molecular complexity index is 1390. The van der Waals surface area contributed by atoms with Crippen LogP contribution >= 0.6 is 0 Å². The number of nitrogens with zero attached hydrogens (tertiary/aromatic N) is 2. The standard InChI is InChI=1S/C32H39F3N4O5/c1-6-27(44-32(33,34)35)24(15-19(2)3)21-7-9-22(10-8-21)25-17-36-29(37-25)26-16-20(4)18-39(26)30(40)28(38-31(41)42-5)23-11-13-43-14-12-23/h6-10,15,17,20,23,26,28H,2,11-14,16,18H2,1,3-5H3,(H,36,37)(H,38,41). The molecule has 2 aliphatic heterocycles. The van der Waals surface area contributed by atoms with E-state index in [9.17, 15) is 22.8 Å². The topological polar surface area (TPSA) is 106 Å². The van der Waals surface area contributed by atoms with Crippen LogP contribution in [0.25, 0.3) is 16.8 Å². The summed E-state index contributed by atoms with van der Waals surface area (Å²) < 4.78 is 53.7. The summed E-state index contributed by atoms with van der Waals surface area (Å²) in [5.41, 5.74) is 2.79. The number of carbonyl (C=O) groups is 2. The average Bonchev–Trinajstić information content (AvgIpc) is 3.64. The van der Waals surface area contributed by atoms with Gasteiger partial charge in [-0.25, -0.2) is 9.78 Å². The highest BCUT2D eigenvalue weighted by atomic mass is 19.4. The van der Waals surface area contributed by atoms with Crippen molar-refractivity contribution in [2.45, 2.75) is 58.5 Å². The SMILES string of the molecule is C=C(C)C=C(C(=CC)OC(F)(F)F)c1ccc(-c2cnc(C3CC(C)CN3C(=O)C(NC(=O)OC)C3CCOCC3)[nH]2)cc1. The van der Waals surface area contributed by atoms with Crippen LogP contribution in [0.4, 0.5) is 18.0 Å². The van der Waals surface area contributed by atoms with Gasteiger partial charge in [-0.05, 0) is 68.2 Å². The maximum Gasteiger partial charge on any atom is 0.573 e. The summed E-state index contributed by atoms with van der Waals surface area (Å²) in [6.45, 7) is 10.6. The van der Waals surface area contributed by atoms with Crippen molar-refractivity contribution in [3.05, 3.63) is 71.9 Å². The molecule has 0 aliphatic carbocycles. The molecule has 238 valence electrons. The van der Waals surface area contributed by atoms with Crippen LogP contribution in [0.5, 0.6) is 0 Å². The molecule has 2 aromatic rings. The second kappa shape index (κ2) is 14.1. The van der Waals surface area contributed by atoms with E-state index in [-0.39, 0.29) is 35.1 Å². The Hall–Kier alpha value is -4.06. The summed E-state index contributed by atoms with van der Waals surface area (Å²) >= 11 is 0. The van der Waals surface area contributed by atoms with Gasteiger partial charge in [0.25, 0.3) is 0 Å². The first kappa shape index (κ1) is 32.8. The van der Waals surface area contributed by atoms with Crippen molar-refractivity contribution in [1.29, 1.82) is 0 Å². The number of alkyl halides is 3. The van der Waals surface area contributed by atoms with Crippen molar-refractivity contribution in [2.75, 3.05) is 26.9 Å². The van der Waals surface area contributed by atoms with Gasteiger partial charge in [-0.2, -0.15) is 0 Å². The van der Waals surface area contributed by atoms with E-state index in [2.05, 4.69) is 33.5 Å². The maximum atomic E-state index is 13.9. The van der Waals surface area contributed by atoms with Gasteiger partial charge in [0, 0.05) is 25.3 Å². The van der Waals surface area contributed by atoms with Crippen LogP contribution < -0.4 is 5.32 Å². The molecule has 2 aliphatic rings. The lowest BCUT2D eigenvalue weighted by molar-refractivity contribution is -0.302. The minimum Gasteiger partial charge on any atom is -0.453 e. The van der Waals surface area contributed by atoms with Gasteiger partial charge in [0.1, 0.15) is 17.6 Å². The molecule has 0 radical (unpaired) electrons. The number of imidazole rings is 1. The molecule has 12 heteroatoms. The van der Waals surface area contributed by atoms with E-state index >= 15 is 0 Å². The monoisotopic (exact) mass is 616 g/mol. The van der Waals surface area contributed by atoms with Gasteiger partial charge in [0.15, 0.2) is 0 Å². The Morgan fingerprint density at radius 1 is 1.23 bits per heavy atom. The number of hydrogen-bond donors (Lipinski definition) is 2. The number of nitrogens with one attached hydrogen (secondary N) is 2. The molecule has 44 heavy (non-hydrogen) atoms. The number of halogens is 3. The minimum absolute atomic E-state index is 0.0778. The van der Waals surface area contributed by atoms with Gasteiger partial charge in [-0.3, -0.25) is 4.79 Å². The smallest absolute Gasteiger partial charge is 0.453 e. The molecule has 2 saturated heterocycles. The first-order chi connectivity index (χ1) is 20.9. The number of benzene rings is 1. The van der Waals surface area contributed by atoms with Crippen LogP contribution in [-0.4, -0.2) is 66.1 Å². The van der Waals surface area contributed by atoms with Crippen LogP contribution in [0.2, 0.25) is 0 Å². The summed E-state index contributed by atoms with van der Waals surface area (Å²) in [5, 5.41) is 2.76. The third-order valence-electron chi connectivity index (χ3n) is 7.82. The molecule has 2 N–H and O–H groups in total. The van der Waals surface area contributed by atoms with Crippen LogP contribution in [-0.2, 0) is 19.0 Å². The number of rotatable bonds is 9. The normalized spacial score (nSPS) is 20.8. The number of H-pyrrole nitrogens is 1. The predicted octanol–water partition coefficient (Wildman–Crippen LogP) is 6.54. The number of aromatic amines is 1. The first-order valence-corrected chi connectivity index (χ1v) is 14.6. The Labute approximate surface area is 255 Å². The molecular formula is C32H39F3N4O5. The van der Waals surface area contributed by atoms with Crippen LogP contribution in [0, 0.1) is 11.8 Å². The predicted molar refractivity (Wildman–Crippen MR) is 159 cm³/mol. The van der Waals surface area contributed by atoms with E-state index in [0.29, 0.717) is 61.7 Å². The second-order valence-electron chi connectivity index (χ2n) is 11.3. The lowest BCUT2D eigenvalue weighted by Gasteiger charge is -2.34. The number of amides is 2. The fourth-order valence-electron chi connectivity index (χ4n) is 5.76. The summed E-state index contributed by atoms with van der Waals surface area (Å²) in [4.78, 5) is 35.8. The maximum absolute atomic E-state index is 13.9. The average molecular weight is 617 g/mol. The first-order valence-electron chi connectivity index (χ1n) is 14.6. The molecular weight excluding hydrogens is 577 g/mol. The van der Waals surface area contributed by atoms with E-state index in [4.69, 9.17) is 9.47 Å². The molecule has 1 aromatic heterocycles. The Morgan fingerprint density at radius 3 is 2.50 bits per heavy atom. The number of hydrogen-bond acceptors (Lipinski definition) is 6. The third kappa shape index (κ3) is 8.10. The van der Waals surface area contributed by atoms with Crippen LogP contribution in [0.3, 0.4) is 0 Å². The Morgan fingerprint density at radius 2 is 1.91 bits per heavy atom. The van der Waals surface area contributed by atoms with Gasteiger partial charge in [0.05, 0.1) is 25.0 Å². The highest BCUT2D eigenvalue weighted by molar-refractivity contribution is 5.86. The lowest BCUT2D eigenvalue weighted by atomic mass is 9.90. The molecule has 3 atom stereocenters. The number of likely N-dealkylation sites (tertiary alicyclic amines) is 1. The quantitative estimate of drug-likeness (QED) is 0.245.